The van der Waals surface area contributed by atoms with Crippen molar-refractivity contribution in [1.29, 1.82) is 0 Å². The molecule has 2 rings (SSSR count). The minimum absolute atomic E-state index is 0.184. The molecule has 1 heterocycles. The molecular formula is C22H29NO5S. The molecule has 1 saturated heterocycles. The lowest BCUT2D eigenvalue weighted by molar-refractivity contribution is -0.145. The summed E-state index contributed by atoms with van der Waals surface area (Å²) in [7, 11) is 0. The average molecular weight is 420 g/mol. The highest BCUT2D eigenvalue weighted by atomic mass is 32.2. The molecule has 0 atom stereocenters. The molecule has 0 aromatic heterocycles. The predicted octanol–water partition coefficient (Wildman–Crippen LogP) is 4.59. The van der Waals surface area contributed by atoms with E-state index in [0.29, 0.717) is 0 Å². The van der Waals surface area contributed by atoms with Crippen LogP contribution in [-0.2, 0) is 25.2 Å². The molecule has 2 amide bonds. The number of thioether (sulfide) groups is 1. The Labute approximate surface area is 176 Å². The molecule has 0 radical (unpaired) electrons. The maximum Gasteiger partial charge on any atom is 0.326 e. The molecule has 1 aliphatic rings. The highest BCUT2D eigenvalue weighted by Gasteiger charge is 2.37. The van der Waals surface area contributed by atoms with Gasteiger partial charge in [-0.1, -0.05) is 41.5 Å². The van der Waals surface area contributed by atoms with Crippen LogP contribution >= 0.6 is 11.8 Å². The first-order chi connectivity index (χ1) is 13.3. The smallest absolute Gasteiger partial charge is 0.326 e. The van der Waals surface area contributed by atoms with Crippen molar-refractivity contribution in [3.05, 3.63) is 33.7 Å². The molecule has 0 unspecified atom stereocenters. The van der Waals surface area contributed by atoms with Crippen LogP contribution in [0.5, 0.6) is 5.75 Å². The zero-order chi connectivity index (χ0) is 22.1. The van der Waals surface area contributed by atoms with Gasteiger partial charge in [0.1, 0.15) is 12.3 Å². The largest absolute Gasteiger partial charge is 0.507 e. The van der Waals surface area contributed by atoms with E-state index < -0.39 is 23.7 Å². The van der Waals surface area contributed by atoms with E-state index >= 15 is 0 Å². The topological polar surface area (TPSA) is 83.9 Å². The van der Waals surface area contributed by atoms with Gasteiger partial charge in [0, 0.05) is 11.1 Å². The number of phenolic OH excluding ortho intramolecular Hbond substituents is 1. The Morgan fingerprint density at radius 3 is 2.07 bits per heavy atom. The Bertz CT molecular complexity index is 839. The van der Waals surface area contributed by atoms with E-state index in [-0.39, 0.29) is 28.1 Å². The summed E-state index contributed by atoms with van der Waals surface area (Å²) in [5.41, 5.74) is 1.64. The zero-order valence-corrected chi connectivity index (χ0v) is 18.9. The molecule has 0 spiro atoms. The number of nitrogens with zero attached hydrogens (tertiary/aromatic N) is 1. The van der Waals surface area contributed by atoms with Crippen LogP contribution in [0.1, 0.15) is 65.2 Å². The monoisotopic (exact) mass is 419 g/mol. The lowest BCUT2D eigenvalue weighted by Crippen LogP contribution is -2.34. The van der Waals surface area contributed by atoms with Crippen molar-refractivity contribution in [2.75, 3.05) is 13.2 Å². The Kier molecular flexibility index (Phi) is 6.52. The summed E-state index contributed by atoms with van der Waals surface area (Å²) in [5.74, 6) is -0.890. The van der Waals surface area contributed by atoms with Gasteiger partial charge < -0.3 is 9.84 Å². The van der Waals surface area contributed by atoms with Gasteiger partial charge in [0.15, 0.2) is 0 Å². The standard InChI is InChI=1S/C22H29NO5S/c1-8-28-17(24)12-23-19(26)16(29-20(23)27)11-13-9-14(21(2,3)4)18(25)15(10-13)22(5,6)7/h9-11,25H,8,12H2,1-7H3/b16-11-. The van der Waals surface area contributed by atoms with Gasteiger partial charge in [0.25, 0.3) is 11.1 Å². The molecule has 158 valence electrons. The van der Waals surface area contributed by atoms with Gasteiger partial charge in [-0.15, -0.1) is 0 Å². The van der Waals surface area contributed by atoms with Crippen molar-refractivity contribution < 1.29 is 24.2 Å². The van der Waals surface area contributed by atoms with E-state index in [0.717, 1.165) is 33.4 Å². The first kappa shape index (κ1) is 23.0. The number of hydrogen-bond donors (Lipinski definition) is 1. The third-order valence-corrected chi connectivity index (χ3v) is 5.42. The van der Waals surface area contributed by atoms with E-state index in [4.69, 9.17) is 4.74 Å². The van der Waals surface area contributed by atoms with Gasteiger partial charge in [-0.2, -0.15) is 0 Å². The van der Waals surface area contributed by atoms with Gasteiger partial charge in [-0.05, 0) is 53.3 Å². The molecule has 1 aliphatic heterocycles. The number of esters is 1. The van der Waals surface area contributed by atoms with Crippen LogP contribution in [0.2, 0.25) is 0 Å². The molecule has 1 fully saturated rings. The molecule has 1 aromatic rings. The van der Waals surface area contributed by atoms with Crippen LogP contribution < -0.4 is 0 Å². The first-order valence-electron chi connectivity index (χ1n) is 9.54. The second-order valence-corrected chi connectivity index (χ2v) is 10.0. The van der Waals surface area contributed by atoms with Crippen LogP contribution in [0, 0.1) is 0 Å². The highest BCUT2D eigenvalue weighted by molar-refractivity contribution is 8.18. The van der Waals surface area contributed by atoms with E-state index in [1.165, 1.54) is 0 Å². The van der Waals surface area contributed by atoms with Crippen molar-refractivity contribution in [1.82, 2.24) is 4.90 Å². The Balaban J connectivity index is 2.47. The highest BCUT2D eigenvalue weighted by Crippen LogP contribution is 2.41. The zero-order valence-electron chi connectivity index (χ0n) is 18.1. The van der Waals surface area contributed by atoms with Crippen LogP contribution in [0.15, 0.2) is 17.0 Å². The van der Waals surface area contributed by atoms with Crippen molar-refractivity contribution >= 4 is 35.0 Å². The van der Waals surface area contributed by atoms with Gasteiger partial charge in [0.05, 0.1) is 11.5 Å². The number of amides is 2. The van der Waals surface area contributed by atoms with Crippen molar-refractivity contribution in [3.8, 4) is 5.75 Å². The number of aromatic hydroxyl groups is 1. The van der Waals surface area contributed by atoms with Crippen molar-refractivity contribution in [2.45, 2.75) is 59.3 Å². The van der Waals surface area contributed by atoms with E-state index in [1.54, 1.807) is 13.0 Å². The number of rotatable bonds is 4. The van der Waals surface area contributed by atoms with Gasteiger partial charge in [-0.25, -0.2) is 0 Å². The molecule has 1 N–H and O–H groups in total. The SMILES string of the molecule is CCOC(=O)CN1C(=O)S/C(=C\c2cc(C(C)(C)C)c(O)c(C(C)(C)C)c2)C1=O. The molecule has 6 nitrogen and oxygen atoms in total. The third-order valence-electron chi connectivity index (χ3n) is 4.51. The summed E-state index contributed by atoms with van der Waals surface area (Å²) >= 11 is 0.796. The molecule has 1 aromatic carbocycles. The van der Waals surface area contributed by atoms with E-state index in [1.807, 2.05) is 53.7 Å². The average Bonchev–Trinajstić information content (AvgIpc) is 2.82. The Morgan fingerprint density at radius 2 is 1.62 bits per heavy atom. The van der Waals surface area contributed by atoms with Crippen LogP contribution in [-0.4, -0.2) is 40.3 Å². The number of carbonyl (C=O) groups excluding carboxylic acids is 3. The second-order valence-electron chi connectivity index (χ2n) is 9.04. The predicted molar refractivity (Wildman–Crippen MR) is 115 cm³/mol. The van der Waals surface area contributed by atoms with Gasteiger partial charge >= 0.3 is 5.97 Å². The number of imide groups is 1. The second kappa shape index (κ2) is 8.22. The van der Waals surface area contributed by atoms with Gasteiger partial charge in [-0.3, -0.25) is 19.3 Å². The number of phenols is 1. The summed E-state index contributed by atoms with van der Waals surface area (Å²) in [6.45, 7) is 13.5. The van der Waals surface area contributed by atoms with Gasteiger partial charge in [0.2, 0.25) is 0 Å². The fourth-order valence-electron chi connectivity index (χ4n) is 3.01. The molecule has 0 bridgehead atoms. The summed E-state index contributed by atoms with van der Waals surface area (Å²) in [5, 5.41) is 10.3. The summed E-state index contributed by atoms with van der Waals surface area (Å²) in [6.07, 6.45) is 1.64. The molecular weight excluding hydrogens is 390 g/mol. The molecule has 0 saturated carbocycles. The minimum Gasteiger partial charge on any atom is -0.507 e. The fourth-order valence-corrected chi connectivity index (χ4v) is 3.85. The van der Waals surface area contributed by atoms with Crippen LogP contribution in [0.4, 0.5) is 4.79 Å². The maximum atomic E-state index is 12.6. The van der Waals surface area contributed by atoms with Crippen molar-refractivity contribution in [2.24, 2.45) is 0 Å². The first-order valence-corrected chi connectivity index (χ1v) is 10.4. The summed E-state index contributed by atoms with van der Waals surface area (Å²) in [4.78, 5) is 37.7. The summed E-state index contributed by atoms with van der Waals surface area (Å²) in [6, 6.07) is 3.67. The molecule has 29 heavy (non-hydrogen) atoms. The Hall–Kier alpha value is -2.28. The fraction of sp³-hybridized carbons (Fsp3) is 0.500. The number of benzene rings is 1. The van der Waals surface area contributed by atoms with Crippen molar-refractivity contribution in [3.63, 3.8) is 0 Å². The number of ether oxygens (including phenoxy) is 1. The maximum absolute atomic E-state index is 12.6. The normalized spacial score (nSPS) is 16.7. The molecule has 7 heteroatoms. The quantitative estimate of drug-likeness (QED) is 0.568. The third kappa shape index (κ3) is 5.21. The number of carbonyl (C=O) groups is 3. The summed E-state index contributed by atoms with van der Waals surface area (Å²) < 4.78 is 4.83. The Morgan fingerprint density at radius 1 is 1.10 bits per heavy atom. The lowest BCUT2D eigenvalue weighted by Gasteiger charge is -2.28. The molecule has 0 aliphatic carbocycles. The number of hydrogen-bond acceptors (Lipinski definition) is 6. The lowest BCUT2D eigenvalue weighted by atomic mass is 9.78. The van der Waals surface area contributed by atoms with E-state index in [9.17, 15) is 19.5 Å². The minimum atomic E-state index is -0.620. The van der Waals surface area contributed by atoms with Crippen LogP contribution in [0.25, 0.3) is 6.08 Å². The van der Waals surface area contributed by atoms with E-state index in [2.05, 4.69) is 0 Å². The van der Waals surface area contributed by atoms with Crippen LogP contribution in [0.3, 0.4) is 0 Å².